The molecule has 0 spiro atoms. The van der Waals surface area contributed by atoms with E-state index in [0.29, 0.717) is 19.0 Å². The third-order valence-electron chi connectivity index (χ3n) is 2.15. The van der Waals surface area contributed by atoms with Crippen molar-refractivity contribution >= 4 is 11.7 Å². The number of hydrogen-bond donors (Lipinski definition) is 1. The van der Waals surface area contributed by atoms with Crippen LogP contribution in [-0.2, 0) is 16.6 Å². The molecule has 1 aromatic rings. The van der Waals surface area contributed by atoms with Gasteiger partial charge in [0, 0.05) is 13.7 Å². The summed E-state index contributed by atoms with van der Waals surface area (Å²) in [6.45, 7) is 1.17. The van der Waals surface area contributed by atoms with E-state index >= 15 is 0 Å². The van der Waals surface area contributed by atoms with Crippen LogP contribution in [0.4, 0.5) is 5.82 Å². The molecule has 0 aromatic carbocycles. The lowest BCUT2D eigenvalue weighted by Crippen LogP contribution is -2.23. The van der Waals surface area contributed by atoms with Crippen LogP contribution in [-0.4, -0.2) is 34.1 Å². The van der Waals surface area contributed by atoms with Crippen molar-refractivity contribution in [3.05, 3.63) is 6.20 Å². The van der Waals surface area contributed by atoms with Crippen molar-refractivity contribution in [3.8, 4) is 0 Å². The number of rotatable bonds is 2. The van der Waals surface area contributed by atoms with Crippen LogP contribution in [0.5, 0.6) is 0 Å². The molecule has 1 atom stereocenters. The minimum atomic E-state index is -0.0444. The minimum absolute atomic E-state index is 0.0389. The molecule has 1 aliphatic heterocycles. The second-order valence-electron chi connectivity index (χ2n) is 3.27. The molecule has 2 rings (SSSR count). The fourth-order valence-electron chi connectivity index (χ4n) is 1.37. The van der Waals surface area contributed by atoms with Crippen LogP contribution in [0.25, 0.3) is 0 Å². The predicted molar refractivity (Wildman–Crippen MR) is 48.6 cm³/mol. The second kappa shape index (κ2) is 3.75. The molecule has 0 aliphatic carbocycles. The highest BCUT2D eigenvalue weighted by Gasteiger charge is 2.23. The van der Waals surface area contributed by atoms with Gasteiger partial charge < -0.3 is 10.1 Å². The van der Waals surface area contributed by atoms with Gasteiger partial charge in [-0.2, -0.15) is 9.90 Å². The normalized spacial score (nSPS) is 21.1. The van der Waals surface area contributed by atoms with Crippen molar-refractivity contribution in [2.24, 2.45) is 13.0 Å². The summed E-state index contributed by atoms with van der Waals surface area (Å²) in [4.78, 5) is 13.0. The number of hydrogen-bond acceptors (Lipinski definition) is 4. The standard InChI is InChI=1S/C8H12N4O2/c1-12-9-4-7(11-12)10-8(13)6-2-3-14-5-6/h4,6H,2-3,5H2,1H3,(H,10,11,13). The summed E-state index contributed by atoms with van der Waals surface area (Å²) in [5, 5.41) is 10.5. The Labute approximate surface area is 81.2 Å². The average Bonchev–Trinajstić information content (AvgIpc) is 2.75. The van der Waals surface area contributed by atoms with Crippen LogP contribution < -0.4 is 5.32 Å². The van der Waals surface area contributed by atoms with E-state index in [1.54, 1.807) is 7.05 Å². The lowest BCUT2D eigenvalue weighted by atomic mass is 10.1. The molecule has 1 amide bonds. The molecular weight excluding hydrogens is 184 g/mol. The Kier molecular flexibility index (Phi) is 2.45. The largest absolute Gasteiger partial charge is 0.381 e. The molecule has 6 heteroatoms. The zero-order valence-electron chi connectivity index (χ0n) is 7.93. The topological polar surface area (TPSA) is 69.0 Å². The zero-order valence-corrected chi connectivity index (χ0v) is 7.93. The van der Waals surface area contributed by atoms with Gasteiger partial charge in [0.05, 0.1) is 18.7 Å². The number of anilines is 1. The molecule has 1 aliphatic rings. The lowest BCUT2D eigenvalue weighted by Gasteiger charge is -2.05. The van der Waals surface area contributed by atoms with Crippen LogP contribution in [0, 0.1) is 5.92 Å². The van der Waals surface area contributed by atoms with E-state index in [2.05, 4.69) is 15.5 Å². The van der Waals surface area contributed by atoms with Gasteiger partial charge in [0.15, 0.2) is 5.82 Å². The smallest absolute Gasteiger partial charge is 0.231 e. The monoisotopic (exact) mass is 196 g/mol. The Balaban J connectivity index is 1.93. The summed E-state index contributed by atoms with van der Waals surface area (Å²) >= 11 is 0. The molecule has 1 aromatic heterocycles. The van der Waals surface area contributed by atoms with Crippen molar-refractivity contribution in [1.29, 1.82) is 0 Å². The highest BCUT2D eigenvalue weighted by atomic mass is 16.5. The van der Waals surface area contributed by atoms with Gasteiger partial charge in [-0.15, -0.1) is 5.10 Å². The average molecular weight is 196 g/mol. The molecule has 1 N–H and O–H groups in total. The molecule has 76 valence electrons. The molecule has 1 fully saturated rings. The summed E-state index contributed by atoms with van der Waals surface area (Å²) in [5.41, 5.74) is 0. The van der Waals surface area contributed by atoms with Gasteiger partial charge >= 0.3 is 0 Å². The Morgan fingerprint density at radius 1 is 1.79 bits per heavy atom. The molecule has 1 saturated heterocycles. The summed E-state index contributed by atoms with van der Waals surface area (Å²) in [5.74, 6) is 0.407. The van der Waals surface area contributed by atoms with E-state index in [4.69, 9.17) is 4.74 Å². The molecule has 6 nitrogen and oxygen atoms in total. The number of aromatic nitrogens is 3. The van der Waals surface area contributed by atoms with Gasteiger partial charge in [-0.05, 0) is 6.42 Å². The van der Waals surface area contributed by atoms with E-state index in [1.165, 1.54) is 11.0 Å². The number of carbonyl (C=O) groups is 1. The van der Waals surface area contributed by atoms with Gasteiger partial charge in [-0.25, -0.2) is 0 Å². The zero-order chi connectivity index (χ0) is 9.97. The van der Waals surface area contributed by atoms with Gasteiger partial charge in [0.2, 0.25) is 5.91 Å². The number of amides is 1. The van der Waals surface area contributed by atoms with Crippen LogP contribution in [0.3, 0.4) is 0 Å². The Morgan fingerprint density at radius 2 is 2.64 bits per heavy atom. The number of aryl methyl sites for hydroxylation is 1. The molecule has 14 heavy (non-hydrogen) atoms. The van der Waals surface area contributed by atoms with Gasteiger partial charge in [-0.1, -0.05) is 0 Å². The third-order valence-corrected chi connectivity index (χ3v) is 2.15. The molecule has 2 heterocycles. The third kappa shape index (κ3) is 1.90. The SMILES string of the molecule is Cn1ncc(NC(=O)C2CCOC2)n1. The van der Waals surface area contributed by atoms with E-state index in [-0.39, 0.29) is 11.8 Å². The predicted octanol–water partition coefficient (Wildman–Crippen LogP) is -0.210. The number of nitrogens with one attached hydrogen (secondary N) is 1. The van der Waals surface area contributed by atoms with Crippen molar-refractivity contribution in [1.82, 2.24) is 15.0 Å². The number of ether oxygens (including phenoxy) is 1. The quantitative estimate of drug-likeness (QED) is 0.710. The van der Waals surface area contributed by atoms with Crippen LogP contribution in [0.15, 0.2) is 6.20 Å². The molecule has 0 bridgehead atoms. The first-order valence-electron chi connectivity index (χ1n) is 4.50. The molecular formula is C8H12N4O2. The molecule has 0 saturated carbocycles. The first-order chi connectivity index (χ1) is 6.75. The van der Waals surface area contributed by atoms with Crippen LogP contribution >= 0.6 is 0 Å². The van der Waals surface area contributed by atoms with E-state index in [1.807, 2.05) is 0 Å². The van der Waals surface area contributed by atoms with E-state index < -0.39 is 0 Å². The number of carbonyl (C=O) groups excluding carboxylic acids is 1. The highest BCUT2D eigenvalue weighted by molar-refractivity contribution is 5.91. The van der Waals surface area contributed by atoms with Crippen LogP contribution in [0.2, 0.25) is 0 Å². The first-order valence-corrected chi connectivity index (χ1v) is 4.50. The molecule has 1 unspecified atom stereocenters. The second-order valence-corrected chi connectivity index (χ2v) is 3.27. The summed E-state index contributed by atoms with van der Waals surface area (Å²) in [6.07, 6.45) is 2.31. The lowest BCUT2D eigenvalue weighted by molar-refractivity contribution is -0.119. The van der Waals surface area contributed by atoms with Gasteiger partial charge in [0.25, 0.3) is 0 Å². The van der Waals surface area contributed by atoms with Crippen molar-refractivity contribution < 1.29 is 9.53 Å². The number of nitrogens with zero attached hydrogens (tertiary/aromatic N) is 3. The maximum atomic E-state index is 11.6. The van der Waals surface area contributed by atoms with Crippen LogP contribution in [0.1, 0.15) is 6.42 Å². The van der Waals surface area contributed by atoms with E-state index in [9.17, 15) is 4.79 Å². The minimum Gasteiger partial charge on any atom is -0.381 e. The first kappa shape index (κ1) is 9.14. The summed E-state index contributed by atoms with van der Waals surface area (Å²) in [7, 11) is 1.70. The van der Waals surface area contributed by atoms with Crippen molar-refractivity contribution in [3.63, 3.8) is 0 Å². The maximum absolute atomic E-state index is 11.6. The Morgan fingerprint density at radius 3 is 3.21 bits per heavy atom. The van der Waals surface area contributed by atoms with Gasteiger partial charge in [-0.3, -0.25) is 4.79 Å². The maximum Gasteiger partial charge on any atom is 0.231 e. The fraction of sp³-hybridized carbons (Fsp3) is 0.625. The highest BCUT2D eigenvalue weighted by Crippen LogP contribution is 2.14. The summed E-state index contributed by atoms with van der Waals surface area (Å²) < 4.78 is 5.12. The Bertz CT molecular complexity index is 330. The van der Waals surface area contributed by atoms with E-state index in [0.717, 1.165) is 6.42 Å². The van der Waals surface area contributed by atoms with Crippen molar-refractivity contribution in [2.75, 3.05) is 18.5 Å². The molecule has 0 radical (unpaired) electrons. The van der Waals surface area contributed by atoms with Crippen molar-refractivity contribution in [2.45, 2.75) is 6.42 Å². The summed E-state index contributed by atoms with van der Waals surface area (Å²) in [6, 6.07) is 0. The van der Waals surface area contributed by atoms with Gasteiger partial charge in [0.1, 0.15) is 0 Å². The fourth-order valence-corrected chi connectivity index (χ4v) is 1.37. The Hall–Kier alpha value is -1.43.